The van der Waals surface area contributed by atoms with E-state index in [1.54, 1.807) is 0 Å². The minimum absolute atomic E-state index is 0. The molecule has 0 bridgehead atoms. The Morgan fingerprint density at radius 3 is 0.767 bits per heavy atom. The molecule has 0 heterocycles. The van der Waals surface area contributed by atoms with Crippen molar-refractivity contribution in [1.29, 1.82) is 0 Å². The summed E-state index contributed by atoms with van der Waals surface area (Å²) in [5, 5.41) is 0. The Kier molecular flexibility index (Phi) is 88.3. The fourth-order valence-electron chi connectivity index (χ4n) is 0.846. The van der Waals surface area contributed by atoms with Crippen LogP contribution < -0.4 is 0 Å². The van der Waals surface area contributed by atoms with Gasteiger partial charge in [-0.2, -0.15) is 0 Å². The van der Waals surface area contributed by atoms with Crippen LogP contribution in [0, 0.1) is 103 Å². The smallest absolute Gasteiger partial charge is 0 e. The van der Waals surface area contributed by atoms with E-state index in [2.05, 4.69) is 36.1 Å². The van der Waals surface area contributed by atoms with Gasteiger partial charge in [0.1, 0.15) is 0 Å². The maximum Gasteiger partial charge on any atom is 0 e. The molecule has 0 aromatic rings. The molecule has 2 aliphatic rings. The standard InChI is InChI=1S/C6H6O4.2C5H5.4CO.2Mo/c1-9-5(7)3-4-6(8)10-2;2*1-2-4-5-3-1;4*1-2;;/h1-2H3;2*1-5H;;;;;;. The molecule has 0 aromatic carbocycles. The molecule has 0 saturated heterocycles. The Hall–Kier alpha value is -1.16. The Morgan fingerprint density at radius 2 is 0.667 bits per heavy atom. The van der Waals surface area contributed by atoms with Crippen molar-refractivity contribution in [3.8, 4) is 11.8 Å². The minimum atomic E-state index is -0.759. The number of esters is 2. The van der Waals surface area contributed by atoms with Gasteiger partial charge in [-0.1, -0.05) is 0 Å². The van der Waals surface area contributed by atoms with E-state index >= 15 is 0 Å². The zero-order valence-electron chi connectivity index (χ0n) is 15.9. The predicted octanol–water partition coefficient (Wildman–Crippen LogP) is 1.22. The number of rotatable bonds is 0. The topological polar surface area (TPSA) is 132 Å². The summed E-state index contributed by atoms with van der Waals surface area (Å²) in [7, 11) is 2.35. The Balaban J connectivity index is -0.0000000457. The molecule has 10 radical (unpaired) electrons. The summed E-state index contributed by atoms with van der Waals surface area (Å²) in [6, 6.07) is 0. The van der Waals surface area contributed by atoms with Crippen LogP contribution in [0.2, 0.25) is 0 Å². The van der Waals surface area contributed by atoms with Crippen LogP contribution in [0.4, 0.5) is 0 Å². The largest absolute Gasteiger partial charge is 0.0312 e. The summed E-state index contributed by atoms with van der Waals surface area (Å²) in [6.07, 6.45) is 20.0. The third kappa shape index (κ3) is 56.3. The van der Waals surface area contributed by atoms with Crippen molar-refractivity contribution in [2.24, 2.45) is 0 Å². The Morgan fingerprint density at radius 1 is 0.533 bits per heavy atom. The van der Waals surface area contributed by atoms with Gasteiger partial charge in [0, 0.05) is 54.0 Å². The van der Waals surface area contributed by atoms with Crippen molar-refractivity contribution in [2.45, 2.75) is 0 Å². The average Bonchev–Trinajstić information content (AvgIpc) is 3.56. The van der Waals surface area contributed by atoms with Gasteiger partial charge in [0.2, 0.25) is 0 Å². The molecule has 2 fully saturated rings. The predicted molar refractivity (Wildman–Crippen MR) is 90.5 cm³/mol. The van der Waals surface area contributed by atoms with Crippen molar-refractivity contribution in [3.63, 3.8) is 0 Å². The molecule has 156 valence electrons. The van der Waals surface area contributed by atoms with E-state index < -0.39 is 11.9 Å². The van der Waals surface area contributed by atoms with Gasteiger partial charge >= 0.3 is 57.1 Å². The SMILES string of the molecule is COC(=O)C#CC(=O)OC.[C-]#[O+].[C-]#[O+].[C-]#[O+].[C-]#[O+].[CH]1[CH][CH][CH][CH]1.[CH]1[CH][CH][CH][CH]1.[Mo].[Mo]. The van der Waals surface area contributed by atoms with Crippen LogP contribution >= 0.6 is 0 Å². The average molecular weight is 576 g/mol. The maximum atomic E-state index is 10.2. The molecule has 0 amide bonds. The molecule has 2 saturated carbocycles. The monoisotopic (exact) mass is 580 g/mol. The third-order valence-corrected chi connectivity index (χ3v) is 1.75. The van der Waals surface area contributed by atoms with Gasteiger partial charge in [-0.05, 0) is 64.2 Å². The van der Waals surface area contributed by atoms with Gasteiger partial charge in [-0.25, -0.2) is 9.59 Å². The summed E-state index contributed by atoms with van der Waals surface area (Å²) in [5.74, 6) is 2.28. The van der Waals surface area contributed by atoms with Gasteiger partial charge in [-0.3, -0.25) is 0 Å². The van der Waals surface area contributed by atoms with Gasteiger partial charge in [0.25, 0.3) is 0 Å². The molecular weight excluding hydrogens is 560 g/mol. The molecule has 0 aliphatic heterocycles. The van der Waals surface area contributed by atoms with Crippen molar-refractivity contribution in [1.82, 2.24) is 0 Å². The molecule has 2 aliphatic carbocycles. The van der Waals surface area contributed by atoms with E-state index in [-0.39, 0.29) is 42.1 Å². The summed E-state index contributed by atoms with van der Waals surface area (Å²) >= 11 is 0. The van der Waals surface area contributed by atoms with E-state index in [4.69, 9.17) is 18.6 Å². The summed E-state index contributed by atoms with van der Waals surface area (Å²) in [5.41, 5.74) is 0. The minimum Gasteiger partial charge on any atom is -0.0312 e. The summed E-state index contributed by atoms with van der Waals surface area (Å²) in [6.45, 7) is 18.0. The maximum absolute atomic E-state index is 10.2. The van der Waals surface area contributed by atoms with Crippen LogP contribution in [0.3, 0.4) is 0 Å². The molecule has 8 nitrogen and oxygen atoms in total. The fourth-order valence-corrected chi connectivity index (χ4v) is 0.846. The quantitative estimate of drug-likeness (QED) is 0.107. The third-order valence-electron chi connectivity index (χ3n) is 1.75. The molecule has 0 aromatic heterocycles. The number of ether oxygens (including phenoxy) is 2. The fraction of sp³-hybridized carbons (Fsp3) is 0.100. The summed E-state index contributed by atoms with van der Waals surface area (Å²) < 4.78 is 38.2. The van der Waals surface area contributed by atoms with E-state index in [1.165, 1.54) is 14.2 Å². The molecule has 2 rings (SSSR count). The first-order valence-corrected chi connectivity index (χ1v) is 6.53. The zero-order valence-corrected chi connectivity index (χ0v) is 19.9. The summed E-state index contributed by atoms with van der Waals surface area (Å²) in [4.78, 5) is 20.5. The number of hydrogen-bond acceptors (Lipinski definition) is 4. The van der Waals surface area contributed by atoms with Gasteiger partial charge in [0.05, 0.1) is 14.2 Å². The molecule has 0 spiro atoms. The first-order chi connectivity index (χ1) is 13.7. The first kappa shape index (κ1) is 46.9. The Labute approximate surface area is 208 Å². The van der Waals surface area contributed by atoms with Crippen molar-refractivity contribution >= 4 is 11.9 Å². The van der Waals surface area contributed by atoms with E-state index in [9.17, 15) is 9.59 Å². The molecule has 0 N–H and O–H groups in total. The van der Waals surface area contributed by atoms with E-state index in [0.717, 1.165) is 0 Å². The van der Waals surface area contributed by atoms with Crippen molar-refractivity contribution in [2.75, 3.05) is 14.2 Å². The van der Waals surface area contributed by atoms with Crippen LogP contribution in [0.15, 0.2) is 0 Å². The molecule has 30 heavy (non-hydrogen) atoms. The molecule has 0 atom stereocenters. The number of carbonyl (C=O) groups excluding carboxylic acids is 2. The zero-order chi connectivity index (χ0) is 23.1. The molecule has 0 unspecified atom stereocenters. The second kappa shape index (κ2) is 56.5. The van der Waals surface area contributed by atoms with E-state index in [0.29, 0.717) is 0 Å². The van der Waals surface area contributed by atoms with Gasteiger partial charge in [0.15, 0.2) is 0 Å². The van der Waals surface area contributed by atoms with Crippen LogP contribution in [0.1, 0.15) is 0 Å². The van der Waals surface area contributed by atoms with Gasteiger partial charge in [-0.15, -0.1) is 0 Å². The molecule has 10 heteroatoms. The van der Waals surface area contributed by atoms with Crippen LogP contribution in [0.25, 0.3) is 0 Å². The van der Waals surface area contributed by atoms with E-state index in [1.807, 2.05) is 76.0 Å². The number of methoxy groups -OCH3 is 2. The second-order valence-electron chi connectivity index (χ2n) is 3.16. The van der Waals surface area contributed by atoms with Crippen LogP contribution in [0.5, 0.6) is 0 Å². The van der Waals surface area contributed by atoms with Crippen molar-refractivity contribution in [3.05, 3.63) is 90.8 Å². The van der Waals surface area contributed by atoms with Gasteiger partial charge < -0.3 is 9.47 Å². The Bertz CT molecular complexity index is 411. The van der Waals surface area contributed by atoms with Crippen LogP contribution in [-0.2, 0) is 79.8 Å². The second-order valence-corrected chi connectivity index (χ2v) is 3.16. The first-order valence-electron chi connectivity index (χ1n) is 6.53. The number of carbonyl (C=O) groups is 2. The number of hydrogen-bond donors (Lipinski definition) is 0. The van der Waals surface area contributed by atoms with Crippen LogP contribution in [-0.4, -0.2) is 26.2 Å². The molecular formula is C20H16Mo2O8. The normalized spacial score (nSPS) is 10.6. The van der Waals surface area contributed by atoms with Crippen molar-refractivity contribution < 1.29 is 79.8 Å².